The maximum Gasteiger partial charge on any atom is 0.251 e. The van der Waals surface area contributed by atoms with Crippen LogP contribution in [0.25, 0.3) is 17.1 Å². The van der Waals surface area contributed by atoms with Crippen LogP contribution in [0.2, 0.25) is 0 Å². The smallest absolute Gasteiger partial charge is 0.251 e. The molecule has 2 aliphatic heterocycles. The predicted molar refractivity (Wildman–Crippen MR) is 139 cm³/mol. The molecule has 2 aliphatic rings. The third kappa shape index (κ3) is 6.02. The number of benzene rings is 1. The number of hydrogen-bond acceptors (Lipinski definition) is 9. The second-order valence-electron chi connectivity index (χ2n) is 9.30. The van der Waals surface area contributed by atoms with Gasteiger partial charge in [-0.15, -0.1) is 16.4 Å². The van der Waals surface area contributed by atoms with Crippen LogP contribution in [0.5, 0.6) is 0 Å². The summed E-state index contributed by atoms with van der Waals surface area (Å²) >= 11 is 1.39. The lowest BCUT2D eigenvalue weighted by molar-refractivity contribution is -0.0220. The van der Waals surface area contributed by atoms with E-state index in [1.165, 1.54) is 11.3 Å². The largest absolute Gasteiger partial charge is 0.395 e. The van der Waals surface area contributed by atoms with Crippen molar-refractivity contribution in [3.63, 3.8) is 0 Å². The maximum absolute atomic E-state index is 13.5. The first-order valence-electron chi connectivity index (χ1n) is 12.2. The van der Waals surface area contributed by atoms with E-state index in [9.17, 15) is 17.2 Å². The zero-order chi connectivity index (χ0) is 26.0. The van der Waals surface area contributed by atoms with Gasteiger partial charge in [-0.3, -0.25) is 4.72 Å². The molecule has 0 saturated carbocycles. The number of aliphatic hydroxyl groups is 1. The Bertz CT molecular complexity index is 1330. The number of nitrogens with zero attached hydrogens (tertiary/aromatic N) is 6. The van der Waals surface area contributed by atoms with Gasteiger partial charge >= 0.3 is 0 Å². The molecule has 0 bridgehead atoms. The van der Waals surface area contributed by atoms with E-state index in [1.54, 1.807) is 29.1 Å². The third-order valence-corrected chi connectivity index (χ3v) is 8.73. The Morgan fingerprint density at radius 1 is 1.03 bits per heavy atom. The summed E-state index contributed by atoms with van der Waals surface area (Å²) in [5.74, 6) is -2.99. The number of rotatable bonds is 8. The highest BCUT2D eigenvalue weighted by atomic mass is 32.2. The molecule has 5 rings (SSSR count). The molecule has 3 aromatic rings. The number of hydrogen-bond donors (Lipinski definition) is 2. The number of sulfonamides is 1. The zero-order valence-corrected chi connectivity index (χ0v) is 21.8. The van der Waals surface area contributed by atoms with Crippen LogP contribution in [0.15, 0.2) is 29.8 Å². The fraction of sp³-hybridized carbons (Fsp3) is 0.522. The van der Waals surface area contributed by atoms with Gasteiger partial charge in [0.25, 0.3) is 5.92 Å². The van der Waals surface area contributed by atoms with Gasteiger partial charge in [-0.1, -0.05) is 5.21 Å². The van der Waals surface area contributed by atoms with E-state index in [4.69, 9.17) is 5.11 Å². The van der Waals surface area contributed by atoms with Crippen LogP contribution in [0.3, 0.4) is 0 Å². The quantitative estimate of drug-likeness (QED) is 0.436. The van der Waals surface area contributed by atoms with Gasteiger partial charge in [0.2, 0.25) is 10.0 Å². The summed E-state index contributed by atoms with van der Waals surface area (Å²) in [7, 11) is -3.66. The van der Waals surface area contributed by atoms with Gasteiger partial charge in [0.05, 0.1) is 35.6 Å². The molecule has 37 heavy (non-hydrogen) atoms. The molecular formula is C23H29F2N7O3S2. The first-order chi connectivity index (χ1) is 17.7. The molecule has 10 nitrogen and oxygen atoms in total. The average molecular weight is 554 g/mol. The van der Waals surface area contributed by atoms with Gasteiger partial charge in [-0.2, -0.15) is 0 Å². The van der Waals surface area contributed by atoms with Crippen molar-refractivity contribution in [1.82, 2.24) is 20.0 Å². The fourth-order valence-corrected chi connectivity index (χ4v) is 6.27. The van der Waals surface area contributed by atoms with Gasteiger partial charge in [-0.05, 0) is 37.5 Å². The predicted octanol–water partition coefficient (Wildman–Crippen LogP) is 3.35. The average Bonchev–Trinajstić information content (AvgIpc) is 3.54. The number of thiazole rings is 1. The van der Waals surface area contributed by atoms with Crippen molar-refractivity contribution in [3.8, 4) is 17.1 Å². The molecule has 1 aromatic carbocycles. The summed E-state index contributed by atoms with van der Waals surface area (Å²) in [6.07, 6.45) is 4.62. The molecule has 14 heteroatoms. The van der Waals surface area contributed by atoms with Crippen molar-refractivity contribution in [3.05, 3.63) is 29.8 Å². The Morgan fingerprint density at radius 3 is 2.51 bits per heavy atom. The SMILES string of the molecule is O=S(=O)(CCO)Nc1ccc(-n2cc(-c3csc(N4CCC(F)(F)CC4)n3)nn2)c(N2CCCCC2)c1. The van der Waals surface area contributed by atoms with Gasteiger partial charge in [0.1, 0.15) is 11.4 Å². The Kier molecular flexibility index (Phi) is 7.32. The second kappa shape index (κ2) is 10.5. The Hall–Kier alpha value is -2.84. The minimum Gasteiger partial charge on any atom is -0.395 e. The van der Waals surface area contributed by atoms with E-state index in [1.807, 2.05) is 10.3 Å². The van der Waals surface area contributed by atoms with Crippen molar-refractivity contribution in [2.24, 2.45) is 0 Å². The molecule has 200 valence electrons. The summed E-state index contributed by atoms with van der Waals surface area (Å²) in [6, 6.07) is 5.23. The highest BCUT2D eigenvalue weighted by molar-refractivity contribution is 7.92. The van der Waals surface area contributed by atoms with E-state index < -0.39 is 22.6 Å². The summed E-state index contributed by atoms with van der Waals surface area (Å²) < 4.78 is 55.6. The van der Waals surface area contributed by atoms with Crippen LogP contribution in [-0.2, 0) is 10.0 Å². The Morgan fingerprint density at radius 2 is 1.78 bits per heavy atom. The summed E-state index contributed by atoms with van der Waals surface area (Å²) in [4.78, 5) is 8.70. The number of halogens is 2. The van der Waals surface area contributed by atoms with Gasteiger partial charge in [0, 0.05) is 44.4 Å². The van der Waals surface area contributed by atoms with Gasteiger partial charge in [0.15, 0.2) is 5.13 Å². The van der Waals surface area contributed by atoms with Crippen LogP contribution < -0.4 is 14.5 Å². The highest BCUT2D eigenvalue weighted by Crippen LogP contribution is 2.34. The number of piperidine rings is 2. The van der Waals surface area contributed by atoms with Crippen molar-refractivity contribution in [2.75, 3.05) is 53.1 Å². The van der Waals surface area contributed by atoms with E-state index in [2.05, 4.69) is 24.9 Å². The lowest BCUT2D eigenvalue weighted by Crippen LogP contribution is -2.39. The topological polar surface area (TPSA) is 116 Å². The van der Waals surface area contributed by atoms with Crippen molar-refractivity contribution in [1.29, 1.82) is 0 Å². The van der Waals surface area contributed by atoms with Crippen LogP contribution in [-0.4, -0.2) is 78.0 Å². The molecule has 4 heterocycles. The number of nitrogens with one attached hydrogen (secondary N) is 1. The van der Waals surface area contributed by atoms with E-state index in [0.29, 0.717) is 22.2 Å². The van der Waals surface area contributed by atoms with Gasteiger partial charge in [-0.25, -0.2) is 26.9 Å². The Labute approximate surface area is 218 Å². The number of anilines is 3. The van der Waals surface area contributed by atoms with Crippen LogP contribution in [0.4, 0.5) is 25.3 Å². The van der Waals surface area contributed by atoms with E-state index >= 15 is 0 Å². The van der Waals surface area contributed by atoms with Gasteiger partial charge < -0.3 is 14.9 Å². The Balaban J connectivity index is 1.40. The summed E-state index contributed by atoms with van der Waals surface area (Å²) in [5, 5.41) is 20.2. The zero-order valence-electron chi connectivity index (χ0n) is 20.2. The van der Waals surface area contributed by atoms with E-state index in [0.717, 1.165) is 43.7 Å². The van der Waals surface area contributed by atoms with Crippen LogP contribution >= 0.6 is 11.3 Å². The molecule has 0 unspecified atom stereocenters. The molecule has 2 saturated heterocycles. The molecule has 0 spiro atoms. The van der Waals surface area contributed by atoms with Crippen LogP contribution in [0, 0.1) is 0 Å². The molecule has 0 aliphatic carbocycles. The first kappa shape index (κ1) is 25.8. The summed E-state index contributed by atoms with van der Waals surface area (Å²) in [6.45, 7) is 1.74. The second-order valence-corrected chi connectivity index (χ2v) is 12.0. The summed E-state index contributed by atoms with van der Waals surface area (Å²) in [5.41, 5.74) is 3.17. The number of aromatic nitrogens is 4. The third-order valence-electron chi connectivity index (χ3n) is 6.57. The highest BCUT2D eigenvalue weighted by Gasteiger charge is 2.35. The molecule has 2 aromatic heterocycles. The lowest BCUT2D eigenvalue weighted by Gasteiger charge is -2.31. The minimum atomic E-state index is -3.66. The molecule has 0 radical (unpaired) electrons. The monoisotopic (exact) mass is 553 g/mol. The number of aliphatic hydroxyl groups excluding tert-OH is 1. The van der Waals surface area contributed by atoms with Crippen molar-refractivity contribution in [2.45, 2.75) is 38.0 Å². The molecule has 0 amide bonds. The minimum absolute atomic E-state index is 0.177. The van der Waals surface area contributed by atoms with Crippen molar-refractivity contribution < 1.29 is 22.3 Å². The lowest BCUT2D eigenvalue weighted by atomic mass is 10.1. The molecule has 2 fully saturated rings. The standard InChI is InChI=1S/C23H29F2N7O3S2/c24-23(25)6-10-31(11-7-23)22-26-19(16-36-22)18-15-32(29-27-18)20-5-4-17(28-37(34,35)13-12-33)14-21(20)30-8-2-1-3-9-30/h4-5,14-16,28,33H,1-3,6-13H2. The first-order valence-corrected chi connectivity index (χ1v) is 14.8. The van der Waals surface area contributed by atoms with Crippen LogP contribution in [0.1, 0.15) is 32.1 Å². The fourth-order valence-electron chi connectivity index (χ4n) is 4.57. The van der Waals surface area contributed by atoms with Crippen molar-refractivity contribution >= 4 is 37.9 Å². The molecular weight excluding hydrogens is 524 g/mol. The molecule has 2 N–H and O–H groups in total. The number of alkyl halides is 2. The molecule has 0 atom stereocenters. The van der Waals surface area contributed by atoms with E-state index in [-0.39, 0.29) is 31.7 Å². The maximum atomic E-state index is 13.5. The normalized spacial score (nSPS) is 18.2.